The predicted molar refractivity (Wildman–Crippen MR) is 71.7 cm³/mol. The summed E-state index contributed by atoms with van der Waals surface area (Å²) in [5.74, 6) is 0.601. The van der Waals surface area contributed by atoms with Crippen LogP contribution in [0.5, 0.6) is 0 Å². The molecule has 0 aromatic carbocycles. The highest BCUT2D eigenvalue weighted by molar-refractivity contribution is 5.80. The van der Waals surface area contributed by atoms with E-state index in [4.69, 9.17) is 0 Å². The van der Waals surface area contributed by atoms with Gasteiger partial charge in [-0.05, 0) is 32.6 Å². The maximum atomic E-state index is 12.0. The molecule has 1 N–H and O–H groups in total. The van der Waals surface area contributed by atoms with Gasteiger partial charge >= 0.3 is 0 Å². The number of rotatable bonds is 4. The summed E-state index contributed by atoms with van der Waals surface area (Å²) in [5, 5.41) is 11.4. The second kappa shape index (κ2) is 5.31. The van der Waals surface area contributed by atoms with E-state index in [9.17, 15) is 4.79 Å². The van der Waals surface area contributed by atoms with Crippen LogP contribution in [0.4, 0.5) is 0 Å². The molecule has 1 atom stereocenters. The fraction of sp³-hybridized carbons (Fsp3) is 0.786. The van der Waals surface area contributed by atoms with Crippen molar-refractivity contribution >= 4 is 5.91 Å². The van der Waals surface area contributed by atoms with E-state index < -0.39 is 0 Å². The largest absolute Gasteiger partial charge is 0.352 e. The first kappa shape index (κ1) is 12.6. The van der Waals surface area contributed by atoms with Crippen LogP contribution in [0.15, 0.2) is 6.20 Å². The number of hydrogen-bond acceptors (Lipinski definition) is 3. The monoisotopic (exact) mass is 262 g/mol. The van der Waals surface area contributed by atoms with Crippen molar-refractivity contribution in [2.24, 2.45) is 0 Å². The Morgan fingerprint density at radius 2 is 2.05 bits per heavy atom. The lowest BCUT2D eigenvalue weighted by Gasteiger charge is -2.18. The lowest BCUT2D eigenvalue weighted by Crippen LogP contribution is -2.32. The number of carbonyl (C=O) groups excluding carboxylic acids is 1. The second-order valence-electron chi connectivity index (χ2n) is 5.92. The minimum absolute atomic E-state index is 0.0580. The fourth-order valence-corrected chi connectivity index (χ4v) is 2.73. The lowest BCUT2D eigenvalue weighted by molar-refractivity contribution is -0.124. The van der Waals surface area contributed by atoms with E-state index >= 15 is 0 Å². The van der Waals surface area contributed by atoms with Crippen LogP contribution in [0, 0.1) is 0 Å². The van der Waals surface area contributed by atoms with Crippen molar-refractivity contribution in [1.82, 2.24) is 20.3 Å². The van der Waals surface area contributed by atoms with Gasteiger partial charge in [0.1, 0.15) is 6.04 Å². The molecular weight excluding hydrogens is 240 g/mol. The van der Waals surface area contributed by atoms with E-state index in [0.717, 1.165) is 18.5 Å². The average molecular weight is 262 g/mol. The van der Waals surface area contributed by atoms with Gasteiger partial charge in [0, 0.05) is 18.2 Å². The minimum Gasteiger partial charge on any atom is -0.352 e. The summed E-state index contributed by atoms with van der Waals surface area (Å²) in [6.45, 7) is 1.89. The van der Waals surface area contributed by atoms with Crippen LogP contribution in [0.25, 0.3) is 0 Å². The zero-order valence-electron chi connectivity index (χ0n) is 11.5. The van der Waals surface area contributed by atoms with Crippen LogP contribution >= 0.6 is 0 Å². The molecule has 1 aromatic rings. The molecule has 2 aliphatic carbocycles. The third-order valence-corrected chi connectivity index (χ3v) is 4.25. The number of hydrogen-bond donors (Lipinski definition) is 1. The number of carbonyl (C=O) groups is 1. The first-order valence-corrected chi connectivity index (χ1v) is 7.46. The van der Waals surface area contributed by atoms with Gasteiger partial charge in [0.2, 0.25) is 5.91 Å². The van der Waals surface area contributed by atoms with Crippen LogP contribution in [0.3, 0.4) is 0 Å². The Morgan fingerprint density at radius 3 is 2.74 bits per heavy atom. The molecule has 1 unspecified atom stereocenters. The molecule has 19 heavy (non-hydrogen) atoms. The maximum absolute atomic E-state index is 12.0. The number of nitrogens with one attached hydrogen (secondary N) is 1. The molecule has 1 heterocycles. The Bertz CT molecular complexity index is 446. The smallest absolute Gasteiger partial charge is 0.244 e. The number of amides is 1. The molecule has 0 aliphatic heterocycles. The molecule has 5 heteroatoms. The first-order chi connectivity index (χ1) is 9.24. The molecule has 0 saturated heterocycles. The van der Waals surface area contributed by atoms with E-state index in [-0.39, 0.29) is 11.9 Å². The molecular formula is C14H22N4O. The Labute approximate surface area is 113 Å². The summed E-state index contributed by atoms with van der Waals surface area (Å²) >= 11 is 0. The number of aromatic nitrogens is 3. The Kier molecular flexibility index (Phi) is 3.53. The van der Waals surface area contributed by atoms with E-state index in [0.29, 0.717) is 12.0 Å². The molecule has 1 aromatic heterocycles. The summed E-state index contributed by atoms with van der Waals surface area (Å²) < 4.78 is 1.71. The summed E-state index contributed by atoms with van der Waals surface area (Å²) in [6.07, 6.45) is 10.5. The maximum Gasteiger partial charge on any atom is 0.244 e. The van der Waals surface area contributed by atoms with Crippen molar-refractivity contribution in [2.45, 2.75) is 69.9 Å². The van der Waals surface area contributed by atoms with E-state index in [2.05, 4.69) is 15.6 Å². The second-order valence-corrected chi connectivity index (χ2v) is 5.92. The molecule has 2 fully saturated rings. The quantitative estimate of drug-likeness (QED) is 0.904. The van der Waals surface area contributed by atoms with Gasteiger partial charge in [0.15, 0.2) is 0 Å². The predicted octanol–water partition coefficient (Wildman–Crippen LogP) is 2.17. The van der Waals surface area contributed by atoms with Crippen LogP contribution in [0.1, 0.15) is 69.5 Å². The molecule has 3 rings (SSSR count). The average Bonchev–Trinajstić information content (AvgIpc) is 3.12. The Balaban J connectivity index is 1.63. The van der Waals surface area contributed by atoms with Gasteiger partial charge in [-0.2, -0.15) is 0 Å². The highest BCUT2D eigenvalue weighted by atomic mass is 16.2. The zero-order chi connectivity index (χ0) is 13.2. The molecule has 5 nitrogen and oxygen atoms in total. The highest BCUT2D eigenvalue weighted by Crippen LogP contribution is 2.31. The van der Waals surface area contributed by atoms with Gasteiger partial charge < -0.3 is 5.32 Å². The highest BCUT2D eigenvalue weighted by Gasteiger charge is 2.27. The summed E-state index contributed by atoms with van der Waals surface area (Å²) in [7, 11) is 0. The Hall–Kier alpha value is -1.39. The fourth-order valence-electron chi connectivity index (χ4n) is 2.73. The van der Waals surface area contributed by atoms with Gasteiger partial charge in [0.25, 0.3) is 0 Å². The van der Waals surface area contributed by atoms with Crippen molar-refractivity contribution in [3.8, 4) is 0 Å². The third kappa shape index (κ3) is 2.96. The molecule has 2 saturated carbocycles. The van der Waals surface area contributed by atoms with Gasteiger partial charge in [-0.25, -0.2) is 4.68 Å². The standard InChI is InChI=1S/C14H22N4O/c1-10(14(19)15-12-7-8-12)18-9-13(16-17-18)11-5-3-2-4-6-11/h9-12H,2-8H2,1H3,(H,15,19). The van der Waals surface area contributed by atoms with Crippen molar-refractivity contribution < 1.29 is 4.79 Å². The van der Waals surface area contributed by atoms with Crippen molar-refractivity contribution in [2.75, 3.05) is 0 Å². The van der Waals surface area contributed by atoms with Crippen molar-refractivity contribution in [1.29, 1.82) is 0 Å². The molecule has 0 spiro atoms. The van der Waals surface area contributed by atoms with Gasteiger partial charge in [-0.1, -0.05) is 24.5 Å². The minimum atomic E-state index is -0.259. The van der Waals surface area contributed by atoms with Crippen LogP contribution < -0.4 is 5.32 Å². The number of nitrogens with zero attached hydrogens (tertiary/aromatic N) is 3. The van der Waals surface area contributed by atoms with E-state index in [1.165, 1.54) is 32.1 Å². The normalized spacial score (nSPS) is 22.2. The van der Waals surface area contributed by atoms with Crippen molar-refractivity contribution in [3.05, 3.63) is 11.9 Å². The first-order valence-electron chi connectivity index (χ1n) is 7.46. The molecule has 0 bridgehead atoms. The molecule has 104 valence electrons. The van der Waals surface area contributed by atoms with Gasteiger partial charge in [-0.3, -0.25) is 4.79 Å². The SMILES string of the molecule is CC(C(=O)NC1CC1)n1cc(C2CCCCC2)nn1. The summed E-state index contributed by atoms with van der Waals surface area (Å²) in [4.78, 5) is 12.0. The zero-order valence-corrected chi connectivity index (χ0v) is 11.5. The molecule has 1 amide bonds. The van der Waals surface area contributed by atoms with Gasteiger partial charge in [-0.15, -0.1) is 5.10 Å². The third-order valence-electron chi connectivity index (χ3n) is 4.25. The van der Waals surface area contributed by atoms with E-state index in [1.54, 1.807) is 4.68 Å². The Morgan fingerprint density at radius 1 is 1.32 bits per heavy atom. The van der Waals surface area contributed by atoms with Gasteiger partial charge in [0.05, 0.1) is 5.69 Å². The lowest BCUT2D eigenvalue weighted by atomic mass is 9.87. The topological polar surface area (TPSA) is 59.8 Å². The van der Waals surface area contributed by atoms with Crippen LogP contribution in [-0.4, -0.2) is 26.9 Å². The summed E-state index contributed by atoms with van der Waals surface area (Å²) in [6, 6.07) is 0.140. The summed E-state index contributed by atoms with van der Waals surface area (Å²) in [5.41, 5.74) is 1.06. The molecule has 2 aliphatic rings. The van der Waals surface area contributed by atoms with Crippen molar-refractivity contribution in [3.63, 3.8) is 0 Å². The molecule has 0 radical (unpaired) electrons. The van der Waals surface area contributed by atoms with Crippen LogP contribution in [0.2, 0.25) is 0 Å². The van der Waals surface area contributed by atoms with E-state index in [1.807, 2.05) is 13.1 Å². The van der Waals surface area contributed by atoms with Crippen LogP contribution in [-0.2, 0) is 4.79 Å².